The number of nitrogens with zero attached hydrogens (tertiary/aromatic N) is 1. The quantitative estimate of drug-likeness (QED) is 0.655. The van der Waals surface area contributed by atoms with Crippen molar-refractivity contribution in [2.24, 2.45) is 0 Å². The van der Waals surface area contributed by atoms with Crippen LogP contribution in [0.1, 0.15) is 11.1 Å². The maximum atomic E-state index is 12.0. The molecule has 3 aromatic rings. The first-order valence-electron chi connectivity index (χ1n) is 8.38. The van der Waals surface area contributed by atoms with Crippen molar-refractivity contribution in [2.45, 2.75) is 18.0 Å². The van der Waals surface area contributed by atoms with Crippen LogP contribution in [-0.2, 0) is 17.9 Å². The molecule has 3 rings (SSSR count). The molecule has 0 aliphatic heterocycles. The van der Waals surface area contributed by atoms with E-state index < -0.39 is 0 Å². The second kappa shape index (κ2) is 9.06. The highest BCUT2D eigenvalue weighted by molar-refractivity contribution is 8.00. The van der Waals surface area contributed by atoms with Gasteiger partial charge < -0.3 is 9.88 Å². The molecule has 1 aromatic heterocycles. The number of carbonyl (C=O) groups is 1. The summed E-state index contributed by atoms with van der Waals surface area (Å²) >= 11 is 1.52. The number of nitrogens with one attached hydrogen (secondary N) is 1. The summed E-state index contributed by atoms with van der Waals surface area (Å²) in [6.45, 7) is 1.04. The van der Waals surface area contributed by atoms with Crippen LogP contribution in [0.4, 0.5) is 0 Å². The summed E-state index contributed by atoms with van der Waals surface area (Å²) in [5.74, 6) is 0.415. The highest BCUT2D eigenvalue weighted by Gasteiger charge is 2.03. The van der Waals surface area contributed by atoms with E-state index in [1.807, 2.05) is 60.7 Å². The summed E-state index contributed by atoms with van der Waals surface area (Å²) in [4.78, 5) is 24.8. The van der Waals surface area contributed by atoms with Crippen LogP contribution in [0, 0.1) is 0 Å². The molecule has 0 bridgehead atoms. The zero-order chi connectivity index (χ0) is 18.2. The van der Waals surface area contributed by atoms with Gasteiger partial charge in [-0.1, -0.05) is 48.5 Å². The second-order valence-corrected chi connectivity index (χ2v) is 6.91. The van der Waals surface area contributed by atoms with Gasteiger partial charge in [-0.25, -0.2) is 0 Å². The van der Waals surface area contributed by atoms with Crippen molar-refractivity contribution in [2.75, 3.05) is 5.75 Å². The first-order valence-corrected chi connectivity index (χ1v) is 9.37. The van der Waals surface area contributed by atoms with Crippen LogP contribution in [0.25, 0.3) is 0 Å². The first-order chi connectivity index (χ1) is 12.7. The predicted molar refractivity (Wildman–Crippen MR) is 105 cm³/mol. The molecule has 0 spiro atoms. The molecule has 0 saturated heterocycles. The van der Waals surface area contributed by atoms with Crippen LogP contribution in [-0.4, -0.2) is 16.2 Å². The number of hydrogen-bond donors (Lipinski definition) is 1. The van der Waals surface area contributed by atoms with E-state index in [0.717, 1.165) is 16.0 Å². The van der Waals surface area contributed by atoms with Crippen LogP contribution in [0.3, 0.4) is 0 Å². The lowest BCUT2D eigenvalue weighted by Crippen LogP contribution is -2.24. The highest BCUT2D eigenvalue weighted by atomic mass is 32.2. The Hall–Kier alpha value is -2.79. The first kappa shape index (κ1) is 18.0. The number of aromatic nitrogens is 1. The molecule has 1 N–H and O–H groups in total. The Morgan fingerprint density at radius 1 is 0.885 bits per heavy atom. The van der Waals surface area contributed by atoms with Gasteiger partial charge >= 0.3 is 0 Å². The minimum absolute atomic E-state index is 0.0127. The van der Waals surface area contributed by atoms with Crippen molar-refractivity contribution in [3.63, 3.8) is 0 Å². The van der Waals surface area contributed by atoms with Crippen molar-refractivity contribution in [3.05, 3.63) is 100 Å². The van der Waals surface area contributed by atoms with Crippen molar-refractivity contribution < 1.29 is 4.79 Å². The zero-order valence-corrected chi connectivity index (χ0v) is 15.1. The zero-order valence-electron chi connectivity index (χ0n) is 14.3. The van der Waals surface area contributed by atoms with E-state index in [1.165, 1.54) is 11.8 Å². The number of carbonyl (C=O) groups excluding carboxylic acids is 1. The number of rotatable bonds is 7. The number of benzene rings is 2. The van der Waals surface area contributed by atoms with Crippen LogP contribution in [0.15, 0.2) is 88.7 Å². The summed E-state index contributed by atoms with van der Waals surface area (Å²) in [5, 5.41) is 2.93. The molecule has 1 amide bonds. The van der Waals surface area contributed by atoms with Crippen LogP contribution in [0.5, 0.6) is 0 Å². The lowest BCUT2D eigenvalue weighted by Gasteiger charge is -2.08. The Morgan fingerprint density at radius 3 is 2.31 bits per heavy atom. The van der Waals surface area contributed by atoms with Crippen molar-refractivity contribution in [3.8, 4) is 0 Å². The minimum Gasteiger partial charge on any atom is -0.351 e. The van der Waals surface area contributed by atoms with Gasteiger partial charge in [-0.05, 0) is 29.3 Å². The summed E-state index contributed by atoms with van der Waals surface area (Å²) in [7, 11) is 0. The monoisotopic (exact) mass is 364 g/mol. The molecule has 5 heteroatoms. The molecule has 132 valence electrons. The van der Waals surface area contributed by atoms with Gasteiger partial charge in [0.25, 0.3) is 5.56 Å². The van der Waals surface area contributed by atoms with E-state index in [9.17, 15) is 9.59 Å². The molecule has 0 fully saturated rings. The van der Waals surface area contributed by atoms with Gasteiger partial charge in [0.1, 0.15) is 0 Å². The van der Waals surface area contributed by atoms with Crippen molar-refractivity contribution >= 4 is 17.7 Å². The van der Waals surface area contributed by atoms with E-state index in [0.29, 0.717) is 18.8 Å². The molecule has 26 heavy (non-hydrogen) atoms. The fourth-order valence-electron chi connectivity index (χ4n) is 2.47. The maximum absolute atomic E-state index is 12.0. The highest BCUT2D eigenvalue weighted by Crippen LogP contribution is 2.16. The average molecular weight is 364 g/mol. The average Bonchev–Trinajstić information content (AvgIpc) is 2.68. The van der Waals surface area contributed by atoms with E-state index in [4.69, 9.17) is 0 Å². The summed E-state index contributed by atoms with van der Waals surface area (Å²) < 4.78 is 1.66. The maximum Gasteiger partial charge on any atom is 0.250 e. The predicted octanol–water partition coefficient (Wildman–Crippen LogP) is 3.31. The Labute approximate surface area is 156 Å². The van der Waals surface area contributed by atoms with Crippen molar-refractivity contribution in [1.29, 1.82) is 0 Å². The number of amides is 1. The molecule has 0 saturated carbocycles. The van der Waals surface area contributed by atoms with Crippen LogP contribution in [0.2, 0.25) is 0 Å². The molecular formula is C21H20N2O2S. The fraction of sp³-hybridized carbons (Fsp3) is 0.143. The second-order valence-electron chi connectivity index (χ2n) is 5.86. The van der Waals surface area contributed by atoms with E-state index in [2.05, 4.69) is 5.32 Å². The molecule has 0 atom stereocenters. The Morgan fingerprint density at radius 2 is 1.58 bits per heavy atom. The molecule has 0 aliphatic carbocycles. The van der Waals surface area contributed by atoms with Crippen LogP contribution >= 0.6 is 11.8 Å². The summed E-state index contributed by atoms with van der Waals surface area (Å²) in [6.07, 6.45) is 1.78. The van der Waals surface area contributed by atoms with Crippen molar-refractivity contribution in [1.82, 2.24) is 9.88 Å². The van der Waals surface area contributed by atoms with Gasteiger partial charge in [-0.15, -0.1) is 11.8 Å². The topological polar surface area (TPSA) is 51.1 Å². The molecule has 0 aliphatic rings. The van der Waals surface area contributed by atoms with Crippen LogP contribution < -0.4 is 10.9 Å². The number of pyridine rings is 1. The number of hydrogen-bond acceptors (Lipinski definition) is 3. The van der Waals surface area contributed by atoms with E-state index in [-0.39, 0.29) is 11.5 Å². The molecular weight excluding hydrogens is 344 g/mol. The minimum atomic E-state index is -0.0141. The van der Waals surface area contributed by atoms with Gasteiger partial charge in [-0.3, -0.25) is 9.59 Å². The Kier molecular flexibility index (Phi) is 6.28. The van der Waals surface area contributed by atoms with Gasteiger partial charge in [0, 0.05) is 23.7 Å². The molecule has 0 radical (unpaired) electrons. The van der Waals surface area contributed by atoms with Gasteiger partial charge in [0.15, 0.2) is 0 Å². The fourth-order valence-corrected chi connectivity index (χ4v) is 3.22. The molecule has 1 heterocycles. The van der Waals surface area contributed by atoms with E-state index in [1.54, 1.807) is 22.9 Å². The SMILES string of the molecule is O=C(CSc1ccccc1)NCc1ccc(Cn2ccccc2=O)cc1. The summed E-state index contributed by atoms with van der Waals surface area (Å²) in [5.41, 5.74) is 2.07. The molecule has 2 aromatic carbocycles. The third-order valence-electron chi connectivity index (χ3n) is 3.88. The Balaban J connectivity index is 1.47. The van der Waals surface area contributed by atoms with Gasteiger partial charge in [0.2, 0.25) is 5.91 Å². The standard InChI is InChI=1S/C21H20N2O2S/c24-20(16-26-19-6-2-1-3-7-19)22-14-17-9-11-18(12-10-17)15-23-13-5-4-8-21(23)25/h1-13H,14-16H2,(H,22,24). The molecule has 4 nitrogen and oxygen atoms in total. The van der Waals surface area contributed by atoms with Gasteiger partial charge in [0.05, 0.1) is 12.3 Å². The number of thioether (sulfide) groups is 1. The third kappa shape index (κ3) is 5.36. The normalized spacial score (nSPS) is 10.5. The largest absolute Gasteiger partial charge is 0.351 e. The summed E-state index contributed by atoms with van der Waals surface area (Å²) in [6, 6.07) is 22.9. The molecule has 0 unspecified atom stereocenters. The third-order valence-corrected chi connectivity index (χ3v) is 4.89. The van der Waals surface area contributed by atoms with E-state index >= 15 is 0 Å². The lowest BCUT2D eigenvalue weighted by molar-refractivity contribution is -0.118. The Bertz CT molecular complexity index is 905. The van der Waals surface area contributed by atoms with Gasteiger partial charge in [-0.2, -0.15) is 0 Å². The smallest absolute Gasteiger partial charge is 0.250 e. The lowest BCUT2D eigenvalue weighted by atomic mass is 10.1.